The lowest BCUT2D eigenvalue weighted by atomic mass is 9.94. The first kappa shape index (κ1) is 14.4. The predicted molar refractivity (Wildman–Crippen MR) is 88.9 cm³/mol. The Balaban J connectivity index is 2.52. The molecule has 0 aromatic heterocycles. The lowest BCUT2D eigenvalue weighted by Crippen LogP contribution is -1.93. The molecule has 0 aliphatic carbocycles. The minimum absolute atomic E-state index is 1.17. The van der Waals surface area contributed by atoms with E-state index < -0.39 is 0 Å². The fourth-order valence-electron chi connectivity index (χ4n) is 2.42. The second kappa shape index (κ2) is 5.94. The van der Waals surface area contributed by atoms with E-state index in [1.54, 1.807) is 0 Å². The van der Waals surface area contributed by atoms with Crippen LogP contribution in [0.1, 0.15) is 40.3 Å². The van der Waals surface area contributed by atoms with Gasteiger partial charge in [0, 0.05) is 0 Å². The van der Waals surface area contributed by atoms with Gasteiger partial charge in [0.25, 0.3) is 0 Å². The molecule has 0 heteroatoms. The molecule has 0 atom stereocenters. The summed E-state index contributed by atoms with van der Waals surface area (Å²) in [6, 6.07) is 12.7. The van der Waals surface area contributed by atoms with Gasteiger partial charge in [0.1, 0.15) is 0 Å². The predicted octanol–water partition coefficient (Wildman–Crippen LogP) is 5.64. The lowest BCUT2D eigenvalue weighted by molar-refractivity contribution is 1.23. The van der Waals surface area contributed by atoms with Gasteiger partial charge in [-0.05, 0) is 79.6 Å². The third-order valence-corrected chi connectivity index (χ3v) is 4.06. The van der Waals surface area contributed by atoms with E-state index >= 15 is 0 Å². The smallest absolute Gasteiger partial charge is 0.00188 e. The van der Waals surface area contributed by atoms with Gasteiger partial charge in [-0.2, -0.15) is 0 Å². The topological polar surface area (TPSA) is 0 Å². The minimum atomic E-state index is 1.17. The van der Waals surface area contributed by atoms with Crippen molar-refractivity contribution in [2.75, 3.05) is 0 Å². The summed E-state index contributed by atoms with van der Waals surface area (Å²) < 4.78 is 0. The molecular formula is C20H22. The monoisotopic (exact) mass is 262 g/mol. The van der Waals surface area contributed by atoms with Gasteiger partial charge in [0.05, 0.1) is 0 Å². The molecule has 102 valence electrons. The Labute approximate surface area is 122 Å². The zero-order valence-corrected chi connectivity index (χ0v) is 13.0. The minimum Gasteiger partial charge on any atom is -0.116 e. The molecule has 2 aromatic carbocycles. The van der Waals surface area contributed by atoms with Gasteiger partial charge in [-0.25, -0.2) is 0 Å². The Morgan fingerprint density at radius 2 is 1.45 bits per heavy atom. The third kappa shape index (κ3) is 2.92. The van der Waals surface area contributed by atoms with Gasteiger partial charge >= 0.3 is 0 Å². The van der Waals surface area contributed by atoms with Crippen LogP contribution in [0.25, 0.3) is 11.6 Å². The van der Waals surface area contributed by atoms with Crippen LogP contribution in [0, 0.1) is 27.7 Å². The maximum absolute atomic E-state index is 3.44. The SMILES string of the molecule is CC(=C=Cc1c(C)c(C)cc(C)c1C)c1ccccc1. The molecule has 0 spiro atoms. The Morgan fingerprint density at radius 1 is 0.900 bits per heavy atom. The molecule has 0 fully saturated rings. The number of aryl methyl sites for hydroxylation is 2. The van der Waals surface area contributed by atoms with Gasteiger partial charge < -0.3 is 0 Å². The number of hydrogen-bond donors (Lipinski definition) is 0. The molecule has 0 aliphatic rings. The highest BCUT2D eigenvalue weighted by molar-refractivity contribution is 5.70. The standard InChI is InChI=1S/C20H22/c1-14(19-9-7-6-8-10-19)11-12-20-17(4)15(2)13-16(3)18(20)5/h6-10,12-13H,1-5H3. The van der Waals surface area contributed by atoms with Gasteiger partial charge in [-0.3, -0.25) is 0 Å². The van der Waals surface area contributed by atoms with Crippen molar-refractivity contribution >= 4 is 11.6 Å². The van der Waals surface area contributed by atoms with Gasteiger partial charge in [0.15, 0.2) is 0 Å². The molecule has 0 unspecified atom stereocenters. The van der Waals surface area contributed by atoms with Gasteiger partial charge in [-0.1, -0.05) is 36.4 Å². The van der Waals surface area contributed by atoms with Crippen molar-refractivity contribution in [1.82, 2.24) is 0 Å². The molecule has 0 nitrogen and oxygen atoms in total. The fraction of sp³-hybridized carbons (Fsp3) is 0.250. The summed E-state index contributed by atoms with van der Waals surface area (Å²) >= 11 is 0. The summed E-state index contributed by atoms with van der Waals surface area (Å²) in [6.45, 7) is 10.8. The van der Waals surface area contributed by atoms with E-state index in [0.29, 0.717) is 0 Å². The van der Waals surface area contributed by atoms with Crippen molar-refractivity contribution < 1.29 is 0 Å². The van der Waals surface area contributed by atoms with Crippen LogP contribution in [-0.4, -0.2) is 0 Å². The molecule has 0 heterocycles. The van der Waals surface area contributed by atoms with E-state index in [2.05, 4.69) is 76.8 Å². The van der Waals surface area contributed by atoms with Crippen LogP contribution in [0.15, 0.2) is 42.1 Å². The zero-order chi connectivity index (χ0) is 14.7. The van der Waals surface area contributed by atoms with Crippen LogP contribution in [0.3, 0.4) is 0 Å². The fourth-order valence-corrected chi connectivity index (χ4v) is 2.42. The van der Waals surface area contributed by atoms with Crippen molar-refractivity contribution in [3.8, 4) is 0 Å². The Morgan fingerprint density at radius 3 is 2.00 bits per heavy atom. The maximum Gasteiger partial charge on any atom is -0.00188 e. The van der Waals surface area contributed by atoms with Crippen molar-refractivity contribution in [3.63, 3.8) is 0 Å². The number of allylic oxidation sites excluding steroid dienone is 1. The summed E-state index contributed by atoms with van der Waals surface area (Å²) in [5.74, 6) is 0. The molecule has 0 amide bonds. The van der Waals surface area contributed by atoms with Crippen molar-refractivity contribution in [2.24, 2.45) is 0 Å². The molecule has 0 saturated heterocycles. The first-order valence-electron chi connectivity index (χ1n) is 7.07. The van der Waals surface area contributed by atoms with Crippen LogP contribution < -0.4 is 0 Å². The molecule has 0 radical (unpaired) electrons. The average Bonchev–Trinajstić information content (AvgIpc) is 2.46. The van der Waals surface area contributed by atoms with Gasteiger partial charge in [-0.15, -0.1) is 5.73 Å². The summed E-state index contributed by atoms with van der Waals surface area (Å²) in [7, 11) is 0. The zero-order valence-electron chi connectivity index (χ0n) is 13.0. The first-order valence-corrected chi connectivity index (χ1v) is 7.07. The normalized spacial score (nSPS) is 10.1. The third-order valence-electron chi connectivity index (χ3n) is 4.06. The second-order valence-corrected chi connectivity index (χ2v) is 5.45. The van der Waals surface area contributed by atoms with Crippen LogP contribution >= 0.6 is 0 Å². The molecular weight excluding hydrogens is 240 g/mol. The first-order chi connectivity index (χ1) is 9.50. The van der Waals surface area contributed by atoms with Crippen molar-refractivity contribution in [1.29, 1.82) is 0 Å². The van der Waals surface area contributed by atoms with Crippen LogP contribution in [0.2, 0.25) is 0 Å². The van der Waals surface area contributed by atoms with E-state index in [4.69, 9.17) is 0 Å². The van der Waals surface area contributed by atoms with Crippen LogP contribution in [0.4, 0.5) is 0 Å². The number of benzene rings is 2. The molecule has 20 heavy (non-hydrogen) atoms. The van der Waals surface area contributed by atoms with Crippen LogP contribution in [0.5, 0.6) is 0 Å². The lowest BCUT2D eigenvalue weighted by Gasteiger charge is -2.11. The van der Waals surface area contributed by atoms with E-state index in [-0.39, 0.29) is 0 Å². The summed E-state index contributed by atoms with van der Waals surface area (Å²) in [6.07, 6.45) is 2.13. The van der Waals surface area contributed by atoms with Crippen molar-refractivity contribution in [3.05, 3.63) is 75.5 Å². The average molecular weight is 262 g/mol. The Kier molecular flexibility index (Phi) is 4.27. The number of hydrogen-bond acceptors (Lipinski definition) is 0. The van der Waals surface area contributed by atoms with Crippen molar-refractivity contribution in [2.45, 2.75) is 34.6 Å². The largest absolute Gasteiger partial charge is 0.116 e. The molecule has 2 rings (SSSR count). The molecule has 0 bridgehead atoms. The molecule has 0 saturated carbocycles. The van der Waals surface area contributed by atoms with Crippen LogP contribution in [-0.2, 0) is 0 Å². The van der Waals surface area contributed by atoms with Gasteiger partial charge in [0.2, 0.25) is 0 Å². The number of rotatable bonds is 2. The van der Waals surface area contributed by atoms with E-state index in [1.807, 2.05) is 6.07 Å². The molecule has 0 N–H and O–H groups in total. The quantitative estimate of drug-likeness (QED) is 0.615. The molecule has 0 aliphatic heterocycles. The van der Waals surface area contributed by atoms with E-state index in [1.165, 1.54) is 39.0 Å². The van der Waals surface area contributed by atoms with E-state index in [0.717, 1.165) is 0 Å². The summed E-state index contributed by atoms with van der Waals surface area (Å²) in [4.78, 5) is 0. The molecule has 2 aromatic rings. The Bertz CT molecular complexity index is 655. The maximum atomic E-state index is 3.44. The highest BCUT2D eigenvalue weighted by atomic mass is 14.1. The second-order valence-electron chi connectivity index (χ2n) is 5.45. The highest BCUT2D eigenvalue weighted by Gasteiger charge is 2.05. The van der Waals surface area contributed by atoms with E-state index in [9.17, 15) is 0 Å². The highest BCUT2D eigenvalue weighted by Crippen LogP contribution is 2.23. The summed E-state index contributed by atoms with van der Waals surface area (Å²) in [5.41, 5.74) is 12.5. The Hall–Kier alpha value is -2.04. The summed E-state index contributed by atoms with van der Waals surface area (Å²) in [5, 5.41) is 0.